The number of sulfone groups is 1. The third-order valence-corrected chi connectivity index (χ3v) is 4.56. The van der Waals surface area contributed by atoms with Crippen molar-refractivity contribution in [1.29, 1.82) is 0 Å². The molecule has 0 bridgehead atoms. The summed E-state index contributed by atoms with van der Waals surface area (Å²) in [5.74, 6) is -1.02. The molecule has 0 aliphatic carbocycles. The summed E-state index contributed by atoms with van der Waals surface area (Å²) in [5.41, 5.74) is 5.83. The van der Waals surface area contributed by atoms with E-state index in [4.69, 9.17) is 17.3 Å². The van der Waals surface area contributed by atoms with E-state index in [1.165, 1.54) is 36.4 Å². The van der Waals surface area contributed by atoms with Gasteiger partial charge in [0.2, 0.25) is 0 Å². The van der Waals surface area contributed by atoms with Crippen LogP contribution >= 0.6 is 11.6 Å². The minimum atomic E-state index is -3.74. The fourth-order valence-electron chi connectivity index (χ4n) is 1.68. The van der Waals surface area contributed by atoms with Crippen molar-refractivity contribution in [3.8, 4) is 0 Å². The Hall–Kier alpha value is -1.59. The van der Waals surface area contributed by atoms with Gasteiger partial charge in [0.05, 0.1) is 16.3 Å². The van der Waals surface area contributed by atoms with Gasteiger partial charge in [-0.1, -0.05) is 29.8 Å². The van der Waals surface area contributed by atoms with E-state index >= 15 is 0 Å². The van der Waals surface area contributed by atoms with Gasteiger partial charge in [0.25, 0.3) is 0 Å². The maximum Gasteiger partial charge on any atom is 0.184 e. The van der Waals surface area contributed by atoms with Crippen molar-refractivity contribution in [1.82, 2.24) is 0 Å². The lowest BCUT2D eigenvalue weighted by Gasteiger charge is -2.08. The van der Waals surface area contributed by atoms with Crippen molar-refractivity contribution < 1.29 is 12.8 Å². The topological polar surface area (TPSA) is 60.2 Å². The SMILES string of the molecule is Nc1ccc(Cl)cc1S(=O)(=O)Cc1ccccc1F. The summed E-state index contributed by atoms with van der Waals surface area (Å²) < 4.78 is 37.9. The molecule has 2 aromatic rings. The van der Waals surface area contributed by atoms with Crippen LogP contribution in [-0.2, 0) is 15.6 Å². The quantitative estimate of drug-likeness (QED) is 0.886. The Balaban J connectivity index is 2.44. The number of halogens is 2. The van der Waals surface area contributed by atoms with Crippen LogP contribution in [0.3, 0.4) is 0 Å². The minimum absolute atomic E-state index is 0.0803. The fraction of sp³-hybridized carbons (Fsp3) is 0.0769. The Kier molecular flexibility index (Phi) is 3.78. The second-order valence-electron chi connectivity index (χ2n) is 4.03. The molecule has 0 saturated heterocycles. The molecule has 0 fully saturated rings. The average Bonchev–Trinajstić information content (AvgIpc) is 2.35. The van der Waals surface area contributed by atoms with Crippen molar-refractivity contribution in [2.45, 2.75) is 10.6 Å². The first-order chi connectivity index (χ1) is 8.90. The highest BCUT2D eigenvalue weighted by atomic mass is 35.5. The van der Waals surface area contributed by atoms with Gasteiger partial charge >= 0.3 is 0 Å². The van der Waals surface area contributed by atoms with Crippen LogP contribution in [0.5, 0.6) is 0 Å². The molecular formula is C13H11ClFNO2S. The van der Waals surface area contributed by atoms with Gasteiger partial charge in [-0.25, -0.2) is 12.8 Å². The molecule has 0 aromatic heterocycles. The summed E-state index contributed by atoms with van der Waals surface area (Å²) in [5, 5.41) is 0.265. The smallest absolute Gasteiger partial charge is 0.184 e. The Bertz CT molecular complexity index is 716. The Labute approximate surface area is 115 Å². The predicted molar refractivity (Wildman–Crippen MR) is 73.2 cm³/mol. The first kappa shape index (κ1) is 13.8. The van der Waals surface area contributed by atoms with Gasteiger partial charge in [0.1, 0.15) is 5.82 Å². The number of nitrogens with two attached hydrogens (primary N) is 1. The third kappa shape index (κ3) is 3.05. The lowest BCUT2D eigenvalue weighted by atomic mass is 10.2. The zero-order chi connectivity index (χ0) is 14.0. The third-order valence-electron chi connectivity index (χ3n) is 2.61. The Morgan fingerprint density at radius 3 is 2.53 bits per heavy atom. The highest BCUT2D eigenvalue weighted by Crippen LogP contribution is 2.26. The molecule has 0 atom stereocenters. The molecule has 0 saturated carbocycles. The lowest BCUT2D eigenvalue weighted by Crippen LogP contribution is -2.09. The van der Waals surface area contributed by atoms with Crippen LogP contribution in [0, 0.1) is 5.82 Å². The molecule has 6 heteroatoms. The van der Waals surface area contributed by atoms with Crippen LogP contribution < -0.4 is 5.73 Å². The molecule has 0 amide bonds. The van der Waals surface area contributed by atoms with Crippen molar-refractivity contribution in [2.75, 3.05) is 5.73 Å². The highest BCUT2D eigenvalue weighted by Gasteiger charge is 2.20. The Morgan fingerprint density at radius 2 is 1.84 bits per heavy atom. The molecule has 0 unspecified atom stereocenters. The molecule has 0 aliphatic heterocycles. The molecule has 100 valence electrons. The standard InChI is InChI=1S/C13H11ClFNO2S/c14-10-5-6-12(16)13(7-10)19(17,18)8-9-3-1-2-4-11(9)15/h1-7H,8,16H2. The maximum atomic E-state index is 13.5. The number of anilines is 1. The largest absolute Gasteiger partial charge is 0.398 e. The van der Waals surface area contributed by atoms with E-state index in [2.05, 4.69) is 0 Å². The number of benzene rings is 2. The second kappa shape index (κ2) is 5.19. The fourth-order valence-corrected chi connectivity index (χ4v) is 3.44. The average molecular weight is 300 g/mol. The Morgan fingerprint density at radius 1 is 1.16 bits per heavy atom. The van der Waals surface area contributed by atoms with Crippen molar-refractivity contribution in [3.63, 3.8) is 0 Å². The molecule has 3 nitrogen and oxygen atoms in total. The minimum Gasteiger partial charge on any atom is -0.398 e. The molecule has 0 aliphatic rings. The summed E-state index contributed by atoms with van der Waals surface area (Å²) in [4.78, 5) is -0.0803. The number of hydrogen-bond donors (Lipinski definition) is 1. The lowest BCUT2D eigenvalue weighted by molar-refractivity contribution is 0.587. The molecule has 2 rings (SSSR count). The van der Waals surface area contributed by atoms with Gasteiger partial charge in [0, 0.05) is 10.6 Å². The highest BCUT2D eigenvalue weighted by molar-refractivity contribution is 7.90. The summed E-state index contributed by atoms with van der Waals surface area (Å²) in [7, 11) is -3.74. The molecule has 2 aromatic carbocycles. The van der Waals surface area contributed by atoms with Crippen molar-refractivity contribution in [3.05, 3.63) is 58.9 Å². The van der Waals surface area contributed by atoms with Crippen LogP contribution in [0.4, 0.5) is 10.1 Å². The maximum absolute atomic E-state index is 13.5. The van der Waals surface area contributed by atoms with Gasteiger partial charge in [-0.3, -0.25) is 0 Å². The van der Waals surface area contributed by atoms with E-state index in [1.807, 2.05) is 0 Å². The monoisotopic (exact) mass is 299 g/mol. The zero-order valence-electron chi connectivity index (χ0n) is 9.81. The molecular weight excluding hydrogens is 289 g/mol. The van der Waals surface area contributed by atoms with Crippen molar-refractivity contribution >= 4 is 27.1 Å². The number of hydrogen-bond acceptors (Lipinski definition) is 3. The summed E-state index contributed by atoms with van der Waals surface area (Å²) in [6, 6.07) is 9.90. The van der Waals surface area contributed by atoms with E-state index in [0.29, 0.717) is 0 Å². The van der Waals surface area contributed by atoms with E-state index < -0.39 is 21.4 Å². The number of nitrogen functional groups attached to an aromatic ring is 1. The van der Waals surface area contributed by atoms with E-state index in [9.17, 15) is 12.8 Å². The summed E-state index contributed by atoms with van der Waals surface area (Å²) in [6.07, 6.45) is 0. The molecule has 2 N–H and O–H groups in total. The molecule has 0 spiro atoms. The van der Waals surface area contributed by atoms with Crippen LogP contribution in [-0.4, -0.2) is 8.42 Å². The molecule has 19 heavy (non-hydrogen) atoms. The van der Waals surface area contributed by atoms with Gasteiger partial charge in [-0.05, 0) is 24.3 Å². The van der Waals surface area contributed by atoms with Crippen LogP contribution in [0.1, 0.15) is 5.56 Å². The number of rotatable bonds is 3. The van der Waals surface area contributed by atoms with Crippen molar-refractivity contribution in [2.24, 2.45) is 0 Å². The van der Waals surface area contributed by atoms with Gasteiger partial charge in [-0.15, -0.1) is 0 Å². The van der Waals surface area contributed by atoms with Crippen LogP contribution in [0.25, 0.3) is 0 Å². The van der Waals surface area contributed by atoms with E-state index in [1.54, 1.807) is 6.07 Å². The second-order valence-corrected chi connectivity index (χ2v) is 6.43. The first-order valence-corrected chi connectivity index (χ1v) is 7.44. The van der Waals surface area contributed by atoms with Gasteiger partial charge in [0.15, 0.2) is 9.84 Å². The van der Waals surface area contributed by atoms with E-state index in [0.717, 1.165) is 0 Å². The van der Waals surface area contributed by atoms with Gasteiger partial charge in [-0.2, -0.15) is 0 Å². The first-order valence-electron chi connectivity index (χ1n) is 5.41. The zero-order valence-corrected chi connectivity index (χ0v) is 11.4. The van der Waals surface area contributed by atoms with Crippen LogP contribution in [0.15, 0.2) is 47.4 Å². The summed E-state index contributed by atoms with van der Waals surface area (Å²) in [6.45, 7) is 0. The molecule has 0 heterocycles. The predicted octanol–water partition coefficient (Wildman–Crippen LogP) is 3.04. The van der Waals surface area contributed by atoms with Crippen LogP contribution in [0.2, 0.25) is 5.02 Å². The normalized spacial score (nSPS) is 11.5. The van der Waals surface area contributed by atoms with E-state index in [-0.39, 0.29) is 21.2 Å². The molecule has 0 radical (unpaired) electrons. The van der Waals surface area contributed by atoms with Gasteiger partial charge < -0.3 is 5.73 Å². The summed E-state index contributed by atoms with van der Waals surface area (Å²) >= 11 is 5.76.